The van der Waals surface area contributed by atoms with E-state index in [4.69, 9.17) is 9.47 Å². The van der Waals surface area contributed by atoms with Gasteiger partial charge >= 0.3 is 5.97 Å². The molecular weight excluding hydrogens is 494 g/mol. The van der Waals surface area contributed by atoms with Gasteiger partial charge < -0.3 is 14.6 Å². The van der Waals surface area contributed by atoms with Gasteiger partial charge in [0.15, 0.2) is 6.61 Å². The number of nitrogens with zero attached hydrogens (tertiary/aromatic N) is 4. The Morgan fingerprint density at radius 1 is 1.05 bits per heavy atom. The maximum atomic E-state index is 14.7. The first-order chi connectivity index (χ1) is 18.4. The summed E-state index contributed by atoms with van der Waals surface area (Å²) in [5.74, 6) is -1.38. The molecule has 2 heterocycles. The van der Waals surface area contributed by atoms with E-state index in [2.05, 4.69) is 10.1 Å². The molecule has 0 spiro atoms. The van der Waals surface area contributed by atoms with Crippen LogP contribution in [0, 0.1) is 11.6 Å². The highest BCUT2D eigenvalue weighted by molar-refractivity contribution is 5.88. The van der Waals surface area contributed by atoms with Crippen molar-refractivity contribution in [3.63, 3.8) is 0 Å². The molecule has 0 saturated carbocycles. The fraction of sp³-hybridized carbons (Fsp3) is 0.321. The van der Waals surface area contributed by atoms with Crippen LogP contribution in [0.1, 0.15) is 18.4 Å². The van der Waals surface area contributed by atoms with E-state index in [1.807, 2.05) is 47.4 Å². The van der Waals surface area contributed by atoms with Gasteiger partial charge in [-0.3, -0.25) is 4.90 Å². The van der Waals surface area contributed by atoms with Gasteiger partial charge in [0, 0.05) is 36.7 Å². The summed E-state index contributed by atoms with van der Waals surface area (Å²) in [6.07, 6.45) is 3.56. The predicted octanol–water partition coefficient (Wildman–Crippen LogP) is 3.68. The summed E-state index contributed by atoms with van der Waals surface area (Å²) in [5.41, 5.74) is -1.70. The standard InChI is InChI=1S/C28H28F2N4O4/c29-21-8-9-24(25(30)14-21)28(36,17-34-19-31-18-32-34)16-33-12-10-22(11-13-33)38-27(35)15-37-26-7-3-5-20-4-1-2-6-23(20)26/h1-9,14,18-19,22,36H,10-13,15-17H2. The first-order valence-electron chi connectivity index (χ1n) is 12.4. The van der Waals surface area contributed by atoms with E-state index in [0.717, 1.165) is 22.9 Å². The van der Waals surface area contributed by atoms with Gasteiger partial charge in [-0.25, -0.2) is 23.2 Å². The molecule has 1 unspecified atom stereocenters. The zero-order valence-corrected chi connectivity index (χ0v) is 20.7. The van der Waals surface area contributed by atoms with Crippen molar-refractivity contribution < 1.29 is 28.2 Å². The van der Waals surface area contributed by atoms with E-state index >= 15 is 0 Å². The van der Waals surface area contributed by atoms with Gasteiger partial charge in [-0.15, -0.1) is 0 Å². The van der Waals surface area contributed by atoms with Crippen LogP contribution in [0.4, 0.5) is 8.78 Å². The zero-order valence-electron chi connectivity index (χ0n) is 20.7. The number of ether oxygens (including phenoxy) is 2. The van der Waals surface area contributed by atoms with Crippen molar-refractivity contribution >= 4 is 16.7 Å². The predicted molar refractivity (Wildman–Crippen MR) is 135 cm³/mol. The normalized spacial score (nSPS) is 16.3. The number of aliphatic hydroxyl groups is 1. The average molecular weight is 523 g/mol. The number of hydrogen-bond donors (Lipinski definition) is 1. The summed E-state index contributed by atoms with van der Waals surface area (Å²) in [6.45, 7) is 0.862. The second-order valence-corrected chi connectivity index (χ2v) is 9.48. The first kappa shape index (κ1) is 25.7. The second kappa shape index (κ2) is 11.2. The van der Waals surface area contributed by atoms with Crippen LogP contribution < -0.4 is 4.74 Å². The zero-order chi connectivity index (χ0) is 26.5. The molecule has 3 aromatic carbocycles. The van der Waals surface area contributed by atoms with Crippen LogP contribution in [0.15, 0.2) is 73.3 Å². The van der Waals surface area contributed by atoms with E-state index in [0.29, 0.717) is 31.7 Å². The quantitative estimate of drug-likeness (QED) is 0.336. The van der Waals surface area contributed by atoms with Crippen molar-refractivity contribution in [1.29, 1.82) is 0 Å². The van der Waals surface area contributed by atoms with E-state index in [1.54, 1.807) is 0 Å². The number of aromatic nitrogens is 3. The molecule has 1 aliphatic heterocycles. The summed E-state index contributed by atoms with van der Waals surface area (Å²) >= 11 is 0. The Kier molecular flexibility index (Phi) is 7.62. The number of likely N-dealkylation sites (tertiary alicyclic amines) is 1. The lowest BCUT2D eigenvalue weighted by atomic mass is 9.91. The van der Waals surface area contributed by atoms with E-state index in [9.17, 15) is 18.7 Å². The number of rotatable bonds is 9. The molecule has 1 saturated heterocycles. The maximum Gasteiger partial charge on any atom is 0.344 e. The summed E-state index contributed by atoms with van der Waals surface area (Å²) in [5, 5.41) is 17.5. The SMILES string of the molecule is O=C(COc1cccc2ccccc12)OC1CCN(CC(O)(Cn2cncn2)c2ccc(F)cc2F)CC1. The molecule has 38 heavy (non-hydrogen) atoms. The van der Waals surface area contributed by atoms with Crippen molar-refractivity contribution in [3.8, 4) is 5.75 Å². The third-order valence-electron chi connectivity index (χ3n) is 6.74. The van der Waals surface area contributed by atoms with Crippen molar-refractivity contribution in [2.45, 2.75) is 31.1 Å². The monoisotopic (exact) mass is 522 g/mol. The lowest BCUT2D eigenvalue weighted by molar-refractivity contribution is -0.154. The van der Waals surface area contributed by atoms with Crippen LogP contribution in [-0.4, -0.2) is 63.1 Å². The minimum Gasteiger partial charge on any atom is -0.481 e. The van der Waals surface area contributed by atoms with Gasteiger partial charge in [0.05, 0.1) is 6.54 Å². The molecule has 0 radical (unpaired) electrons. The smallest absolute Gasteiger partial charge is 0.344 e. The molecule has 8 nitrogen and oxygen atoms in total. The Labute approximate surface area is 218 Å². The van der Waals surface area contributed by atoms with Gasteiger partial charge in [-0.2, -0.15) is 5.10 Å². The third-order valence-corrected chi connectivity index (χ3v) is 6.74. The Morgan fingerprint density at radius 3 is 2.61 bits per heavy atom. The lowest BCUT2D eigenvalue weighted by Crippen LogP contribution is -2.48. The Balaban J connectivity index is 1.17. The Morgan fingerprint density at radius 2 is 1.84 bits per heavy atom. The summed E-state index contributed by atoms with van der Waals surface area (Å²) in [4.78, 5) is 18.3. The highest BCUT2D eigenvalue weighted by Crippen LogP contribution is 2.29. The molecule has 0 amide bonds. The second-order valence-electron chi connectivity index (χ2n) is 9.48. The molecule has 0 aliphatic carbocycles. The largest absolute Gasteiger partial charge is 0.481 e. The number of fused-ring (bicyclic) bond motifs is 1. The first-order valence-corrected chi connectivity index (χ1v) is 12.4. The van der Waals surface area contributed by atoms with E-state index in [-0.39, 0.29) is 31.4 Å². The topological polar surface area (TPSA) is 89.7 Å². The molecule has 4 aromatic rings. The van der Waals surface area contributed by atoms with E-state index < -0.39 is 23.2 Å². The number of carbonyl (C=O) groups is 1. The minimum atomic E-state index is -1.68. The fourth-order valence-electron chi connectivity index (χ4n) is 4.90. The molecular formula is C28H28F2N4O4. The molecule has 198 valence electrons. The molecule has 1 N–H and O–H groups in total. The lowest BCUT2D eigenvalue weighted by Gasteiger charge is -2.38. The summed E-state index contributed by atoms with van der Waals surface area (Å²) in [6, 6.07) is 16.6. The van der Waals surface area contributed by atoms with E-state index in [1.165, 1.54) is 23.4 Å². The van der Waals surface area contributed by atoms with Crippen molar-refractivity contribution in [3.05, 3.63) is 90.5 Å². The van der Waals surface area contributed by atoms with Crippen molar-refractivity contribution in [2.75, 3.05) is 26.2 Å². The highest BCUT2D eigenvalue weighted by atomic mass is 19.1. The summed E-state index contributed by atoms with van der Waals surface area (Å²) < 4.78 is 41.0. The maximum absolute atomic E-state index is 14.7. The van der Waals surface area contributed by atoms with Gasteiger partial charge in [0.1, 0.15) is 41.7 Å². The molecule has 5 rings (SSSR count). The highest BCUT2D eigenvalue weighted by Gasteiger charge is 2.37. The number of hydrogen-bond acceptors (Lipinski definition) is 7. The molecule has 1 fully saturated rings. The van der Waals surface area contributed by atoms with Crippen LogP contribution in [0.25, 0.3) is 10.8 Å². The number of benzene rings is 3. The molecule has 1 aromatic heterocycles. The molecule has 1 atom stereocenters. The molecule has 10 heteroatoms. The van der Waals surface area contributed by atoms with Crippen LogP contribution in [-0.2, 0) is 21.7 Å². The number of piperidine rings is 1. The third kappa shape index (κ3) is 5.98. The van der Waals surface area contributed by atoms with Gasteiger partial charge in [0.25, 0.3) is 0 Å². The van der Waals surface area contributed by atoms with Crippen LogP contribution in [0.3, 0.4) is 0 Å². The van der Waals surface area contributed by atoms with Crippen LogP contribution >= 0.6 is 0 Å². The molecule has 0 bridgehead atoms. The fourth-order valence-corrected chi connectivity index (χ4v) is 4.90. The van der Waals surface area contributed by atoms with Crippen molar-refractivity contribution in [2.24, 2.45) is 0 Å². The van der Waals surface area contributed by atoms with Crippen molar-refractivity contribution in [1.82, 2.24) is 19.7 Å². The number of carbonyl (C=O) groups excluding carboxylic acids is 1. The van der Waals surface area contributed by atoms with Gasteiger partial charge in [-0.1, -0.05) is 42.5 Å². The Bertz CT molecular complexity index is 1390. The average Bonchev–Trinajstić information content (AvgIpc) is 3.41. The van der Waals surface area contributed by atoms with Gasteiger partial charge in [0.2, 0.25) is 0 Å². The minimum absolute atomic E-state index is 0.0199. The summed E-state index contributed by atoms with van der Waals surface area (Å²) in [7, 11) is 0. The number of esters is 1. The molecule has 1 aliphatic rings. The number of β-amino-alcohol motifs (C(OH)–C–C–N with tert-alkyl or cyclic N) is 1. The Hall–Kier alpha value is -3.89. The van der Waals surface area contributed by atoms with Crippen LogP contribution in [0.2, 0.25) is 0 Å². The van der Waals surface area contributed by atoms with Crippen LogP contribution in [0.5, 0.6) is 5.75 Å². The number of halogens is 2. The van der Waals surface area contributed by atoms with Gasteiger partial charge in [-0.05, 0) is 30.4 Å².